The second-order valence-electron chi connectivity index (χ2n) is 9.26. The number of anilines is 1. The highest BCUT2D eigenvalue weighted by Gasteiger charge is 2.31. The maximum absolute atomic E-state index is 13.1. The Kier molecular flexibility index (Phi) is 9.89. The summed E-state index contributed by atoms with van der Waals surface area (Å²) in [5.41, 5.74) is -0.796. The van der Waals surface area contributed by atoms with Gasteiger partial charge in [0.25, 0.3) is 0 Å². The number of hydrogen-bond donors (Lipinski definition) is 3. The minimum absolute atomic E-state index is 0.0484. The van der Waals surface area contributed by atoms with E-state index >= 15 is 0 Å². The molecule has 0 bridgehead atoms. The molecule has 10 heteroatoms. The number of carbonyl (C=O) groups is 3. The molecular formula is C26H32F3N3O4. The van der Waals surface area contributed by atoms with E-state index < -0.39 is 47.3 Å². The Hall–Kier alpha value is -3.56. The zero-order valence-electron chi connectivity index (χ0n) is 20.7. The standard InChI is InChI=1S/C26H32F3N3O4/c1-5-20(32-24(35)36-25(2,3)4)22(33)31-21(15-14-17-10-7-6-8-11-17)23(34)30-19-13-9-12-18(16-19)26(27,28)29/h6-13,16,20-21H,5,14-15H2,1-4H3,(H,30,34)(H,31,33)(H,32,35). The first-order chi connectivity index (χ1) is 16.8. The first kappa shape index (κ1) is 28.7. The smallest absolute Gasteiger partial charge is 0.416 e. The zero-order chi connectivity index (χ0) is 26.9. The summed E-state index contributed by atoms with van der Waals surface area (Å²) >= 11 is 0. The predicted octanol–water partition coefficient (Wildman–Crippen LogP) is 5.06. The summed E-state index contributed by atoms with van der Waals surface area (Å²) in [4.78, 5) is 38.1. The summed E-state index contributed by atoms with van der Waals surface area (Å²) in [6.07, 6.45) is -4.50. The van der Waals surface area contributed by atoms with Gasteiger partial charge in [0.15, 0.2) is 0 Å². The van der Waals surface area contributed by atoms with E-state index in [0.717, 1.165) is 17.7 Å². The molecule has 2 rings (SSSR count). The number of ether oxygens (including phenoxy) is 1. The van der Waals surface area contributed by atoms with Crippen molar-refractivity contribution in [3.8, 4) is 0 Å². The molecule has 0 saturated heterocycles. The molecule has 0 aliphatic rings. The number of rotatable bonds is 9. The molecule has 3 amide bonds. The summed E-state index contributed by atoms with van der Waals surface area (Å²) in [5.74, 6) is -1.29. The Bertz CT molecular complexity index is 1040. The van der Waals surface area contributed by atoms with Crippen molar-refractivity contribution in [2.45, 2.75) is 70.8 Å². The highest BCUT2D eigenvalue weighted by Crippen LogP contribution is 2.30. The van der Waals surface area contributed by atoms with Crippen LogP contribution in [-0.2, 0) is 26.9 Å². The highest BCUT2D eigenvalue weighted by atomic mass is 19.4. The number of benzene rings is 2. The van der Waals surface area contributed by atoms with Crippen LogP contribution in [0.2, 0.25) is 0 Å². The van der Waals surface area contributed by atoms with Crippen LogP contribution in [0.4, 0.5) is 23.7 Å². The van der Waals surface area contributed by atoms with Crippen molar-refractivity contribution < 1.29 is 32.3 Å². The van der Waals surface area contributed by atoms with Gasteiger partial charge >= 0.3 is 12.3 Å². The Balaban J connectivity index is 2.17. The Morgan fingerprint density at radius 2 is 1.56 bits per heavy atom. The molecule has 3 N–H and O–H groups in total. The van der Waals surface area contributed by atoms with Crippen molar-refractivity contribution in [3.05, 3.63) is 65.7 Å². The van der Waals surface area contributed by atoms with Crippen LogP contribution in [0.1, 0.15) is 51.7 Å². The largest absolute Gasteiger partial charge is 0.444 e. The summed E-state index contributed by atoms with van der Waals surface area (Å²) in [6, 6.07) is 11.5. The Labute approximate surface area is 208 Å². The summed E-state index contributed by atoms with van der Waals surface area (Å²) < 4.78 is 44.4. The summed E-state index contributed by atoms with van der Waals surface area (Å²) in [7, 11) is 0. The minimum atomic E-state index is -4.57. The SMILES string of the molecule is CCC(NC(=O)OC(C)(C)C)C(=O)NC(CCc1ccccc1)C(=O)Nc1cccc(C(F)(F)F)c1. The summed E-state index contributed by atoms with van der Waals surface area (Å²) in [5, 5.41) is 7.57. The lowest BCUT2D eigenvalue weighted by Crippen LogP contribution is -2.53. The van der Waals surface area contributed by atoms with Crippen LogP contribution in [0.25, 0.3) is 0 Å². The predicted molar refractivity (Wildman–Crippen MR) is 130 cm³/mol. The van der Waals surface area contributed by atoms with E-state index in [4.69, 9.17) is 4.74 Å². The second-order valence-corrected chi connectivity index (χ2v) is 9.26. The van der Waals surface area contributed by atoms with Crippen LogP contribution in [0.3, 0.4) is 0 Å². The molecule has 0 heterocycles. The summed E-state index contributed by atoms with van der Waals surface area (Å²) in [6.45, 7) is 6.74. The number of nitrogens with one attached hydrogen (secondary N) is 3. The van der Waals surface area contributed by atoms with Crippen LogP contribution in [-0.4, -0.2) is 35.6 Å². The van der Waals surface area contributed by atoms with Gasteiger partial charge in [-0.15, -0.1) is 0 Å². The third-order valence-corrected chi connectivity index (χ3v) is 5.07. The molecule has 0 radical (unpaired) electrons. The van der Waals surface area contributed by atoms with E-state index in [-0.39, 0.29) is 18.5 Å². The molecule has 196 valence electrons. The van der Waals surface area contributed by atoms with E-state index in [1.807, 2.05) is 30.3 Å². The molecule has 7 nitrogen and oxygen atoms in total. The zero-order valence-corrected chi connectivity index (χ0v) is 20.7. The molecule has 0 aromatic heterocycles. The van der Waals surface area contributed by atoms with Gasteiger partial charge in [-0.05, 0) is 63.8 Å². The van der Waals surface area contributed by atoms with E-state index in [9.17, 15) is 27.6 Å². The van der Waals surface area contributed by atoms with Gasteiger partial charge in [-0.25, -0.2) is 4.79 Å². The van der Waals surface area contributed by atoms with Gasteiger partial charge in [-0.1, -0.05) is 43.3 Å². The number of alkyl carbamates (subject to hydrolysis) is 1. The van der Waals surface area contributed by atoms with Crippen LogP contribution < -0.4 is 16.0 Å². The van der Waals surface area contributed by atoms with Crippen molar-refractivity contribution in [2.24, 2.45) is 0 Å². The van der Waals surface area contributed by atoms with E-state index in [2.05, 4.69) is 16.0 Å². The van der Waals surface area contributed by atoms with Crippen molar-refractivity contribution in [2.75, 3.05) is 5.32 Å². The van der Waals surface area contributed by atoms with Crippen molar-refractivity contribution >= 4 is 23.6 Å². The van der Waals surface area contributed by atoms with Gasteiger partial charge < -0.3 is 20.7 Å². The van der Waals surface area contributed by atoms with Crippen LogP contribution >= 0.6 is 0 Å². The highest BCUT2D eigenvalue weighted by molar-refractivity contribution is 5.98. The number of hydrogen-bond acceptors (Lipinski definition) is 4. The fraction of sp³-hybridized carbons (Fsp3) is 0.423. The van der Waals surface area contributed by atoms with E-state index in [0.29, 0.717) is 6.42 Å². The van der Waals surface area contributed by atoms with Gasteiger partial charge in [0.2, 0.25) is 11.8 Å². The molecule has 0 spiro atoms. The average Bonchev–Trinajstić information content (AvgIpc) is 2.79. The molecular weight excluding hydrogens is 475 g/mol. The molecule has 0 aliphatic heterocycles. The van der Waals surface area contributed by atoms with Crippen LogP contribution in [0.15, 0.2) is 54.6 Å². The van der Waals surface area contributed by atoms with E-state index in [1.54, 1.807) is 27.7 Å². The lowest BCUT2D eigenvalue weighted by Gasteiger charge is -2.25. The normalized spacial score (nSPS) is 13.3. The molecule has 0 aliphatic carbocycles. The quantitative estimate of drug-likeness (QED) is 0.442. The van der Waals surface area contributed by atoms with Gasteiger partial charge in [0.05, 0.1) is 5.56 Å². The Morgan fingerprint density at radius 1 is 0.889 bits per heavy atom. The topological polar surface area (TPSA) is 96.5 Å². The van der Waals surface area contributed by atoms with Gasteiger partial charge in [-0.2, -0.15) is 13.2 Å². The maximum Gasteiger partial charge on any atom is 0.416 e. The second kappa shape index (κ2) is 12.4. The monoisotopic (exact) mass is 507 g/mol. The number of halogens is 3. The lowest BCUT2D eigenvalue weighted by atomic mass is 10.0. The van der Waals surface area contributed by atoms with Gasteiger partial charge in [0.1, 0.15) is 17.7 Å². The molecule has 0 saturated carbocycles. The first-order valence-electron chi connectivity index (χ1n) is 11.6. The van der Waals surface area contributed by atoms with Gasteiger partial charge in [-0.3, -0.25) is 9.59 Å². The molecule has 36 heavy (non-hydrogen) atoms. The molecule has 0 fully saturated rings. The number of alkyl halides is 3. The van der Waals surface area contributed by atoms with E-state index in [1.165, 1.54) is 12.1 Å². The number of amides is 3. The average molecular weight is 508 g/mol. The number of carbonyl (C=O) groups excluding carboxylic acids is 3. The lowest BCUT2D eigenvalue weighted by molar-refractivity contribution is -0.137. The van der Waals surface area contributed by atoms with Crippen molar-refractivity contribution in [3.63, 3.8) is 0 Å². The number of aryl methyl sites for hydroxylation is 1. The Morgan fingerprint density at radius 3 is 2.14 bits per heavy atom. The molecule has 2 aromatic carbocycles. The fourth-order valence-corrected chi connectivity index (χ4v) is 3.30. The third-order valence-electron chi connectivity index (χ3n) is 5.07. The first-order valence-corrected chi connectivity index (χ1v) is 11.6. The molecule has 2 atom stereocenters. The van der Waals surface area contributed by atoms with Crippen LogP contribution in [0, 0.1) is 0 Å². The van der Waals surface area contributed by atoms with Crippen molar-refractivity contribution in [1.29, 1.82) is 0 Å². The molecule has 2 aromatic rings. The molecule has 2 unspecified atom stereocenters. The van der Waals surface area contributed by atoms with Crippen molar-refractivity contribution in [1.82, 2.24) is 10.6 Å². The van der Waals surface area contributed by atoms with Crippen LogP contribution in [0.5, 0.6) is 0 Å². The maximum atomic E-state index is 13.1. The van der Waals surface area contributed by atoms with Gasteiger partial charge in [0, 0.05) is 5.69 Å². The fourth-order valence-electron chi connectivity index (χ4n) is 3.30. The third kappa shape index (κ3) is 9.59. The minimum Gasteiger partial charge on any atom is -0.444 e.